The molecule has 0 bridgehead atoms. The van der Waals surface area contributed by atoms with Gasteiger partial charge in [-0.3, -0.25) is 9.59 Å². The van der Waals surface area contributed by atoms with Crippen LogP contribution in [0.5, 0.6) is 5.75 Å². The van der Waals surface area contributed by atoms with Crippen molar-refractivity contribution in [3.8, 4) is 5.75 Å². The van der Waals surface area contributed by atoms with E-state index in [-0.39, 0.29) is 29.1 Å². The molecule has 0 atom stereocenters. The van der Waals surface area contributed by atoms with Crippen LogP contribution >= 0.6 is 15.9 Å². The van der Waals surface area contributed by atoms with Gasteiger partial charge in [0.05, 0.1) is 11.6 Å². The Labute approximate surface area is 153 Å². The lowest BCUT2D eigenvalue weighted by molar-refractivity contribution is -0.116. The monoisotopic (exact) mass is 408 g/mol. The molecule has 5 nitrogen and oxygen atoms in total. The molecule has 0 heterocycles. The summed E-state index contributed by atoms with van der Waals surface area (Å²) < 4.78 is 19.8. The first-order valence-electron chi connectivity index (χ1n) is 7.54. The van der Waals surface area contributed by atoms with Crippen LogP contribution in [0.15, 0.2) is 34.8 Å². The number of hydrogen-bond acceptors (Lipinski definition) is 3. The number of hydrogen-bond donors (Lipinski definition) is 2. The molecule has 0 saturated heterocycles. The molecule has 2 aromatic rings. The van der Waals surface area contributed by atoms with Crippen molar-refractivity contribution in [1.29, 1.82) is 0 Å². The Morgan fingerprint density at radius 3 is 2.60 bits per heavy atom. The third kappa shape index (κ3) is 4.79. The van der Waals surface area contributed by atoms with Crippen LogP contribution in [0.4, 0.5) is 10.1 Å². The average molecular weight is 409 g/mol. The van der Waals surface area contributed by atoms with Gasteiger partial charge in [0, 0.05) is 23.2 Å². The van der Waals surface area contributed by atoms with Crippen LogP contribution < -0.4 is 15.8 Å². The van der Waals surface area contributed by atoms with Gasteiger partial charge in [-0.05, 0) is 59.1 Å². The highest BCUT2D eigenvalue weighted by Gasteiger charge is 2.13. The van der Waals surface area contributed by atoms with Gasteiger partial charge < -0.3 is 15.8 Å². The van der Waals surface area contributed by atoms with E-state index in [1.807, 2.05) is 18.2 Å². The maximum Gasteiger partial charge on any atom is 0.248 e. The van der Waals surface area contributed by atoms with E-state index in [4.69, 9.17) is 10.5 Å². The van der Waals surface area contributed by atoms with Gasteiger partial charge in [-0.15, -0.1) is 0 Å². The highest BCUT2D eigenvalue weighted by Crippen LogP contribution is 2.26. The number of aryl methyl sites for hydroxylation is 1. The molecule has 0 aliphatic rings. The Bertz CT molecular complexity index is 824. The van der Waals surface area contributed by atoms with Crippen LogP contribution in [0.1, 0.15) is 27.9 Å². The van der Waals surface area contributed by atoms with Gasteiger partial charge in [0.15, 0.2) is 0 Å². The van der Waals surface area contributed by atoms with Crippen molar-refractivity contribution in [2.75, 3.05) is 12.4 Å². The SMILES string of the molecule is COc1ccc(CCC(=O)Nc2cc(C(N)=O)cc(F)c2C)cc1Br. The number of rotatable bonds is 6. The number of methoxy groups -OCH3 is 1. The van der Waals surface area contributed by atoms with E-state index in [1.54, 1.807) is 7.11 Å². The summed E-state index contributed by atoms with van der Waals surface area (Å²) >= 11 is 3.40. The first-order chi connectivity index (χ1) is 11.8. The Balaban J connectivity index is 2.05. The minimum absolute atomic E-state index is 0.0116. The normalized spacial score (nSPS) is 10.4. The van der Waals surface area contributed by atoms with Crippen molar-refractivity contribution in [3.63, 3.8) is 0 Å². The number of nitrogens with one attached hydrogen (secondary N) is 1. The smallest absolute Gasteiger partial charge is 0.248 e. The second-order valence-electron chi connectivity index (χ2n) is 5.51. The van der Waals surface area contributed by atoms with Gasteiger partial charge in [-0.25, -0.2) is 4.39 Å². The molecule has 0 aliphatic heterocycles. The highest BCUT2D eigenvalue weighted by atomic mass is 79.9. The molecule has 0 unspecified atom stereocenters. The number of amides is 2. The molecule has 0 fully saturated rings. The maximum atomic E-state index is 13.8. The fourth-order valence-electron chi connectivity index (χ4n) is 2.29. The highest BCUT2D eigenvalue weighted by molar-refractivity contribution is 9.10. The predicted octanol–water partition coefficient (Wildman–Crippen LogP) is 3.58. The molecule has 0 aliphatic carbocycles. The van der Waals surface area contributed by atoms with Crippen molar-refractivity contribution in [2.45, 2.75) is 19.8 Å². The van der Waals surface area contributed by atoms with Crippen LogP contribution in [0.3, 0.4) is 0 Å². The second-order valence-corrected chi connectivity index (χ2v) is 6.37. The van der Waals surface area contributed by atoms with Crippen molar-refractivity contribution in [1.82, 2.24) is 0 Å². The average Bonchev–Trinajstić information content (AvgIpc) is 2.56. The lowest BCUT2D eigenvalue weighted by atomic mass is 10.1. The lowest BCUT2D eigenvalue weighted by Crippen LogP contribution is -2.16. The van der Waals surface area contributed by atoms with E-state index in [1.165, 1.54) is 13.0 Å². The Morgan fingerprint density at radius 2 is 2.00 bits per heavy atom. The third-order valence-corrected chi connectivity index (χ3v) is 4.38. The van der Waals surface area contributed by atoms with Crippen LogP contribution in [-0.2, 0) is 11.2 Å². The van der Waals surface area contributed by atoms with E-state index < -0.39 is 11.7 Å². The molecule has 2 rings (SSSR count). The zero-order valence-electron chi connectivity index (χ0n) is 13.9. The number of anilines is 1. The summed E-state index contributed by atoms with van der Waals surface area (Å²) in [7, 11) is 1.58. The minimum atomic E-state index is -0.752. The predicted molar refractivity (Wildman–Crippen MR) is 97.3 cm³/mol. The minimum Gasteiger partial charge on any atom is -0.496 e. The molecule has 7 heteroatoms. The summed E-state index contributed by atoms with van der Waals surface area (Å²) in [5, 5.41) is 2.63. The van der Waals surface area contributed by atoms with Crippen LogP contribution in [0.25, 0.3) is 0 Å². The zero-order chi connectivity index (χ0) is 18.6. The quantitative estimate of drug-likeness (QED) is 0.766. The van der Waals surface area contributed by atoms with E-state index >= 15 is 0 Å². The molecule has 0 spiro atoms. The summed E-state index contributed by atoms with van der Waals surface area (Å²) in [5.41, 5.74) is 6.64. The molecular weight excluding hydrogens is 391 g/mol. The van der Waals surface area contributed by atoms with E-state index in [0.29, 0.717) is 12.2 Å². The third-order valence-electron chi connectivity index (χ3n) is 3.76. The largest absolute Gasteiger partial charge is 0.496 e. The van der Waals surface area contributed by atoms with E-state index in [9.17, 15) is 14.0 Å². The first-order valence-corrected chi connectivity index (χ1v) is 8.33. The van der Waals surface area contributed by atoms with Crippen molar-refractivity contribution >= 4 is 33.4 Å². The lowest BCUT2D eigenvalue weighted by Gasteiger charge is -2.11. The van der Waals surface area contributed by atoms with Crippen molar-refractivity contribution in [2.24, 2.45) is 5.73 Å². The van der Waals surface area contributed by atoms with Gasteiger partial charge in [-0.1, -0.05) is 6.07 Å². The summed E-state index contributed by atoms with van der Waals surface area (Å²) in [6.45, 7) is 1.52. The van der Waals surface area contributed by atoms with E-state index in [0.717, 1.165) is 16.1 Å². The molecule has 3 N–H and O–H groups in total. The number of halogens is 2. The molecule has 0 aromatic heterocycles. The summed E-state index contributed by atoms with van der Waals surface area (Å²) in [4.78, 5) is 23.4. The van der Waals surface area contributed by atoms with Gasteiger partial charge in [0.1, 0.15) is 11.6 Å². The number of carbonyl (C=O) groups excluding carboxylic acids is 2. The molecule has 2 amide bonds. The van der Waals surface area contributed by atoms with Gasteiger partial charge >= 0.3 is 0 Å². The van der Waals surface area contributed by atoms with E-state index in [2.05, 4.69) is 21.2 Å². The second kappa shape index (κ2) is 8.11. The molecule has 0 radical (unpaired) electrons. The molecule has 2 aromatic carbocycles. The number of primary amides is 1. The molecule has 0 saturated carbocycles. The van der Waals surface area contributed by atoms with Gasteiger partial charge in [0.2, 0.25) is 11.8 Å². The Morgan fingerprint density at radius 1 is 1.28 bits per heavy atom. The maximum absolute atomic E-state index is 13.8. The molecule has 132 valence electrons. The van der Waals surface area contributed by atoms with Gasteiger partial charge in [0.25, 0.3) is 0 Å². The first kappa shape index (κ1) is 18.9. The Kier molecular flexibility index (Phi) is 6.14. The number of carbonyl (C=O) groups is 2. The fraction of sp³-hybridized carbons (Fsp3) is 0.222. The van der Waals surface area contributed by atoms with Crippen molar-refractivity contribution in [3.05, 3.63) is 57.3 Å². The summed E-state index contributed by atoms with van der Waals surface area (Å²) in [5.74, 6) is -0.915. The van der Waals surface area contributed by atoms with Crippen LogP contribution in [0.2, 0.25) is 0 Å². The van der Waals surface area contributed by atoms with Crippen molar-refractivity contribution < 1.29 is 18.7 Å². The summed E-state index contributed by atoms with van der Waals surface area (Å²) in [6, 6.07) is 8.00. The number of benzene rings is 2. The summed E-state index contributed by atoms with van der Waals surface area (Å²) in [6.07, 6.45) is 0.714. The van der Waals surface area contributed by atoms with Gasteiger partial charge in [-0.2, -0.15) is 0 Å². The van der Waals surface area contributed by atoms with Crippen LogP contribution in [-0.4, -0.2) is 18.9 Å². The number of nitrogens with two attached hydrogens (primary N) is 1. The standard InChI is InChI=1S/C18H18BrFN2O3/c1-10-14(20)8-12(18(21)24)9-15(10)22-17(23)6-4-11-3-5-16(25-2)13(19)7-11/h3,5,7-9H,4,6H2,1-2H3,(H2,21,24)(H,22,23). The van der Waals surface area contributed by atoms with Crippen LogP contribution in [0, 0.1) is 12.7 Å². The topological polar surface area (TPSA) is 81.4 Å². The molecular formula is C18H18BrFN2O3. The Hall–Kier alpha value is -2.41. The zero-order valence-corrected chi connectivity index (χ0v) is 15.4. The number of ether oxygens (including phenoxy) is 1. The molecule has 25 heavy (non-hydrogen) atoms. The fourth-order valence-corrected chi connectivity index (χ4v) is 2.87.